The molecule has 1 unspecified atom stereocenters. The van der Waals surface area contributed by atoms with Crippen LogP contribution in [0.15, 0.2) is 42.7 Å². The van der Waals surface area contributed by atoms with Gasteiger partial charge < -0.3 is 10.1 Å². The fourth-order valence-electron chi connectivity index (χ4n) is 1.70. The Morgan fingerprint density at radius 2 is 2.00 bits per heavy atom. The van der Waals surface area contributed by atoms with Gasteiger partial charge >= 0.3 is 5.97 Å². The van der Waals surface area contributed by atoms with E-state index in [-0.39, 0.29) is 5.91 Å². The predicted octanol–water partition coefficient (Wildman–Crippen LogP) is 1.16. The number of esters is 1. The third-order valence-electron chi connectivity index (χ3n) is 2.80. The number of nitrogens with one attached hydrogen (secondary N) is 1. The number of hydrogen-bond donors (Lipinski definition) is 1. The molecule has 0 spiro atoms. The zero-order valence-corrected chi connectivity index (χ0v) is 11.2. The van der Waals surface area contributed by atoms with Crippen LogP contribution in [0.5, 0.6) is 0 Å². The SMILES string of the molecule is COC(=O)C(C)NC(=O)c1ccc(-n2cccn2)cc1. The lowest BCUT2D eigenvalue weighted by Gasteiger charge is -2.11. The maximum Gasteiger partial charge on any atom is 0.328 e. The molecule has 2 rings (SSSR count). The van der Waals surface area contributed by atoms with Crippen molar-refractivity contribution in [1.82, 2.24) is 15.1 Å². The predicted molar refractivity (Wildman–Crippen MR) is 72.5 cm³/mol. The topological polar surface area (TPSA) is 73.2 Å². The average Bonchev–Trinajstić information content (AvgIpc) is 3.00. The summed E-state index contributed by atoms with van der Waals surface area (Å²) in [6.07, 6.45) is 3.49. The molecule has 1 aromatic carbocycles. The Labute approximate surface area is 116 Å². The highest BCUT2D eigenvalue weighted by Crippen LogP contribution is 2.08. The van der Waals surface area contributed by atoms with Gasteiger partial charge in [-0.1, -0.05) is 0 Å². The fourth-order valence-corrected chi connectivity index (χ4v) is 1.70. The first-order valence-corrected chi connectivity index (χ1v) is 6.10. The lowest BCUT2D eigenvalue weighted by molar-refractivity contribution is -0.142. The van der Waals surface area contributed by atoms with Crippen molar-refractivity contribution in [3.8, 4) is 5.69 Å². The van der Waals surface area contributed by atoms with Crippen LogP contribution in [-0.2, 0) is 9.53 Å². The van der Waals surface area contributed by atoms with Gasteiger partial charge in [0.25, 0.3) is 5.91 Å². The van der Waals surface area contributed by atoms with E-state index < -0.39 is 12.0 Å². The zero-order chi connectivity index (χ0) is 14.5. The highest BCUT2D eigenvalue weighted by Gasteiger charge is 2.16. The Kier molecular flexibility index (Phi) is 4.14. The molecule has 1 heterocycles. The van der Waals surface area contributed by atoms with E-state index in [1.54, 1.807) is 42.1 Å². The van der Waals surface area contributed by atoms with Gasteiger partial charge in [-0.25, -0.2) is 9.48 Å². The van der Waals surface area contributed by atoms with Crippen LogP contribution in [0.1, 0.15) is 17.3 Å². The van der Waals surface area contributed by atoms with Gasteiger partial charge in [0.1, 0.15) is 6.04 Å². The van der Waals surface area contributed by atoms with Gasteiger partial charge in [0.15, 0.2) is 0 Å². The van der Waals surface area contributed by atoms with E-state index in [1.807, 2.05) is 12.3 Å². The fraction of sp³-hybridized carbons (Fsp3) is 0.214. The van der Waals surface area contributed by atoms with Crippen LogP contribution in [0.25, 0.3) is 5.69 Å². The van der Waals surface area contributed by atoms with Gasteiger partial charge in [-0.05, 0) is 37.3 Å². The van der Waals surface area contributed by atoms with Crippen LogP contribution in [-0.4, -0.2) is 34.8 Å². The lowest BCUT2D eigenvalue weighted by Crippen LogP contribution is -2.39. The van der Waals surface area contributed by atoms with Crippen molar-refractivity contribution in [3.63, 3.8) is 0 Å². The highest BCUT2D eigenvalue weighted by atomic mass is 16.5. The summed E-state index contributed by atoms with van der Waals surface area (Å²) in [6, 6.07) is 8.05. The van der Waals surface area contributed by atoms with Crippen molar-refractivity contribution in [3.05, 3.63) is 48.3 Å². The van der Waals surface area contributed by atoms with E-state index in [0.29, 0.717) is 5.56 Å². The molecule has 0 saturated heterocycles. The quantitative estimate of drug-likeness (QED) is 0.848. The molecule has 0 bridgehead atoms. The van der Waals surface area contributed by atoms with Crippen LogP contribution in [0, 0.1) is 0 Å². The summed E-state index contributed by atoms with van der Waals surface area (Å²) in [4.78, 5) is 23.2. The molecule has 2 aromatic rings. The first-order chi connectivity index (χ1) is 9.61. The molecule has 6 heteroatoms. The number of methoxy groups -OCH3 is 1. The van der Waals surface area contributed by atoms with Crippen molar-refractivity contribution < 1.29 is 14.3 Å². The van der Waals surface area contributed by atoms with Gasteiger partial charge in [0, 0.05) is 18.0 Å². The molecule has 6 nitrogen and oxygen atoms in total. The largest absolute Gasteiger partial charge is 0.467 e. The zero-order valence-electron chi connectivity index (χ0n) is 11.2. The third-order valence-corrected chi connectivity index (χ3v) is 2.80. The molecule has 1 aromatic heterocycles. The van der Waals surface area contributed by atoms with Gasteiger partial charge in [-0.15, -0.1) is 0 Å². The molecule has 104 valence electrons. The van der Waals surface area contributed by atoms with Crippen LogP contribution in [0.3, 0.4) is 0 Å². The summed E-state index contributed by atoms with van der Waals surface area (Å²) in [5.74, 6) is -0.804. The van der Waals surface area contributed by atoms with E-state index in [0.717, 1.165) is 5.69 Å². The van der Waals surface area contributed by atoms with Crippen LogP contribution >= 0.6 is 0 Å². The third kappa shape index (κ3) is 3.03. The molecule has 0 aliphatic carbocycles. The molecule has 0 saturated carbocycles. The van der Waals surface area contributed by atoms with Crippen LogP contribution in [0.2, 0.25) is 0 Å². The maximum atomic E-state index is 11.9. The Hall–Kier alpha value is -2.63. The molecular formula is C14H15N3O3. The minimum absolute atomic E-state index is 0.324. The van der Waals surface area contributed by atoms with Crippen LogP contribution < -0.4 is 5.32 Å². The van der Waals surface area contributed by atoms with Crippen molar-refractivity contribution >= 4 is 11.9 Å². The summed E-state index contributed by atoms with van der Waals surface area (Å²) in [6.45, 7) is 1.57. The Bertz CT molecular complexity index is 591. The minimum atomic E-state index is -0.682. The molecule has 1 N–H and O–H groups in total. The number of hydrogen-bond acceptors (Lipinski definition) is 4. The van der Waals surface area contributed by atoms with E-state index in [4.69, 9.17) is 0 Å². The Balaban J connectivity index is 2.06. The van der Waals surface area contributed by atoms with Gasteiger partial charge in [0.2, 0.25) is 0 Å². The van der Waals surface area contributed by atoms with Crippen molar-refractivity contribution in [2.75, 3.05) is 7.11 Å². The Morgan fingerprint density at radius 3 is 2.55 bits per heavy atom. The molecule has 0 fully saturated rings. The standard InChI is InChI=1S/C14H15N3O3/c1-10(14(19)20-2)16-13(18)11-4-6-12(7-5-11)17-9-3-8-15-17/h3-10H,1-2H3,(H,16,18). The smallest absolute Gasteiger partial charge is 0.328 e. The lowest BCUT2D eigenvalue weighted by atomic mass is 10.2. The number of rotatable bonds is 4. The number of ether oxygens (including phenoxy) is 1. The number of aromatic nitrogens is 2. The molecular weight excluding hydrogens is 258 g/mol. The summed E-state index contributed by atoms with van der Waals surface area (Å²) in [5, 5.41) is 6.66. The average molecular weight is 273 g/mol. The summed E-state index contributed by atoms with van der Waals surface area (Å²) < 4.78 is 6.24. The van der Waals surface area contributed by atoms with E-state index >= 15 is 0 Å². The van der Waals surface area contributed by atoms with E-state index in [1.165, 1.54) is 7.11 Å². The summed E-state index contributed by atoms with van der Waals surface area (Å²) in [7, 11) is 1.28. The van der Waals surface area contributed by atoms with Crippen molar-refractivity contribution in [2.24, 2.45) is 0 Å². The molecule has 0 aliphatic heterocycles. The first-order valence-electron chi connectivity index (χ1n) is 6.10. The van der Waals surface area contributed by atoms with Crippen molar-refractivity contribution in [1.29, 1.82) is 0 Å². The van der Waals surface area contributed by atoms with Crippen LogP contribution in [0.4, 0.5) is 0 Å². The summed E-state index contributed by atoms with van der Waals surface area (Å²) >= 11 is 0. The second kappa shape index (κ2) is 6.01. The van der Waals surface area contributed by atoms with E-state index in [2.05, 4.69) is 15.2 Å². The normalized spacial score (nSPS) is 11.7. The number of carbonyl (C=O) groups is 2. The summed E-state index contributed by atoms with van der Waals surface area (Å²) in [5.41, 5.74) is 1.32. The van der Waals surface area contributed by atoms with Crippen molar-refractivity contribution in [2.45, 2.75) is 13.0 Å². The number of carbonyl (C=O) groups excluding carboxylic acids is 2. The second-order valence-corrected chi connectivity index (χ2v) is 4.22. The molecule has 20 heavy (non-hydrogen) atoms. The van der Waals surface area contributed by atoms with Gasteiger partial charge in [-0.3, -0.25) is 4.79 Å². The minimum Gasteiger partial charge on any atom is -0.467 e. The Morgan fingerprint density at radius 1 is 1.30 bits per heavy atom. The number of amides is 1. The molecule has 1 atom stereocenters. The van der Waals surface area contributed by atoms with Gasteiger partial charge in [-0.2, -0.15) is 5.10 Å². The monoisotopic (exact) mass is 273 g/mol. The number of benzene rings is 1. The molecule has 0 radical (unpaired) electrons. The molecule has 0 aliphatic rings. The van der Waals surface area contributed by atoms with Gasteiger partial charge in [0.05, 0.1) is 12.8 Å². The molecule has 1 amide bonds. The second-order valence-electron chi connectivity index (χ2n) is 4.22. The maximum absolute atomic E-state index is 11.9. The first kappa shape index (κ1) is 13.8. The highest BCUT2D eigenvalue weighted by molar-refractivity contribution is 5.96. The van der Waals surface area contributed by atoms with E-state index in [9.17, 15) is 9.59 Å². The number of nitrogens with zero attached hydrogens (tertiary/aromatic N) is 2.